The number of nitrogens with zero attached hydrogens (tertiary/aromatic N) is 1. The number of benzene rings is 2. The van der Waals surface area contributed by atoms with Gasteiger partial charge in [-0.2, -0.15) is 8.42 Å². The molecule has 1 heterocycles. The van der Waals surface area contributed by atoms with Gasteiger partial charge in [0.2, 0.25) is 5.09 Å². The van der Waals surface area contributed by atoms with E-state index in [4.69, 9.17) is 14.3 Å². The van der Waals surface area contributed by atoms with Gasteiger partial charge < -0.3 is 14.3 Å². The number of aliphatic carboxylic acids is 1. The van der Waals surface area contributed by atoms with E-state index in [1.807, 2.05) is 38.1 Å². The zero-order valence-corrected chi connectivity index (χ0v) is 20.7. The Balaban J connectivity index is 1.95. The van der Waals surface area contributed by atoms with Crippen LogP contribution in [0.3, 0.4) is 0 Å². The molecule has 0 aliphatic heterocycles. The molecule has 0 saturated heterocycles. The van der Waals surface area contributed by atoms with Crippen molar-refractivity contribution in [3.63, 3.8) is 0 Å². The molecular formula is C26H29NO6S. The number of furan rings is 1. The van der Waals surface area contributed by atoms with Crippen molar-refractivity contribution >= 4 is 27.8 Å². The molecule has 0 radical (unpaired) electrons. The Morgan fingerprint density at radius 1 is 1.06 bits per heavy atom. The van der Waals surface area contributed by atoms with E-state index in [1.54, 1.807) is 39.0 Å². The molecule has 0 fully saturated rings. The van der Waals surface area contributed by atoms with Gasteiger partial charge in [0.05, 0.1) is 5.69 Å². The minimum atomic E-state index is -3.96. The molecule has 0 aliphatic carbocycles. The molecule has 1 N–H and O–H groups in total. The third-order valence-corrected chi connectivity index (χ3v) is 7.17. The van der Waals surface area contributed by atoms with Crippen LogP contribution in [0.25, 0.3) is 6.08 Å². The molecule has 180 valence electrons. The average Bonchev–Trinajstić information content (AvgIpc) is 3.21. The molecule has 0 bridgehead atoms. The zero-order chi connectivity index (χ0) is 25.0. The average molecular weight is 484 g/mol. The second-order valence-corrected chi connectivity index (χ2v) is 10.1. The highest BCUT2D eigenvalue weighted by Crippen LogP contribution is 2.37. The van der Waals surface area contributed by atoms with Crippen molar-refractivity contribution in [2.45, 2.75) is 52.4 Å². The topological polar surface area (TPSA) is 97.0 Å². The molecule has 7 nitrogen and oxygen atoms in total. The molecule has 0 saturated carbocycles. The number of ether oxygens (including phenoxy) is 1. The van der Waals surface area contributed by atoms with Crippen molar-refractivity contribution < 1.29 is 27.5 Å². The number of carboxylic acid groups (broad SMARTS) is 1. The predicted octanol–water partition coefficient (Wildman–Crippen LogP) is 5.49. The Morgan fingerprint density at radius 2 is 1.71 bits per heavy atom. The Hall–Kier alpha value is -3.52. The Kier molecular flexibility index (Phi) is 7.51. The van der Waals surface area contributed by atoms with Crippen molar-refractivity contribution in [1.29, 1.82) is 0 Å². The maximum Gasteiger partial charge on any atom is 0.328 e. The number of sulfonamides is 1. The normalized spacial score (nSPS) is 11.8. The van der Waals surface area contributed by atoms with Gasteiger partial charge in [0.1, 0.15) is 18.1 Å². The third-order valence-electron chi connectivity index (χ3n) is 5.30. The predicted molar refractivity (Wildman–Crippen MR) is 132 cm³/mol. The monoisotopic (exact) mass is 483 g/mol. The molecule has 0 atom stereocenters. The van der Waals surface area contributed by atoms with Gasteiger partial charge in [-0.15, -0.1) is 0 Å². The zero-order valence-electron chi connectivity index (χ0n) is 19.9. The van der Waals surface area contributed by atoms with E-state index in [0.717, 1.165) is 28.3 Å². The number of aryl methyl sites for hydroxylation is 3. The third kappa shape index (κ3) is 5.69. The first-order valence-electron chi connectivity index (χ1n) is 10.8. The lowest BCUT2D eigenvalue weighted by atomic mass is 10.1. The fourth-order valence-electron chi connectivity index (χ4n) is 3.45. The van der Waals surface area contributed by atoms with E-state index < -0.39 is 16.0 Å². The van der Waals surface area contributed by atoms with E-state index >= 15 is 0 Å². The lowest BCUT2D eigenvalue weighted by Gasteiger charge is -2.29. The van der Waals surface area contributed by atoms with Crippen LogP contribution in [0, 0.1) is 20.8 Å². The van der Waals surface area contributed by atoms with E-state index in [0.29, 0.717) is 17.2 Å². The van der Waals surface area contributed by atoms with Gasteiger partial charge in [0.25, 0.3) is 10.0 Å². The van der Waals surface area contributed by atoms with Crippen LogP contribution < -0.4 is 9.04 Å². The van der Waals surface area contributed by atoms with Crippen molar-refractivity contribution in [2.75, 3.05) is 4.31 Å². The summed E-state index contributed by atoms with van der Waals surface area (Å²) in [5, 5.41) is 8.65. The van der Waals surface area contributed by atoms with Gasteiger partial charge in [-0.25, -0.2) is 4.79 Å². The summed E-state index contributed by atoms with van der Waals surface area (Å²) in [4.78, 5) is 10.7. The Bertz CT molecular complexity index is 1300. The lowest BCUT2D eigenvalue weighted by molar-refractivity contribution is -0.131. The maximum absolute atomic E-state index is 13.5. The second kappa shape index (κ2) is 10.2. The maximum atomic E-state index is 13.5. The summed E-state index contributed by atoms with van der Waals surface area (Å²) in [5.41, 5.74) is 3.96. The molecule has 34 heavy (non-hydrogen) atoms. The van der Waals surface area contributed by atoms with Gasteiger partial charge in [-0.3, -0.25) is 4.31 Å². The SMILES string of the molecule is Cc1ccc(S(=O)(=O)N(c2cc(C)c(C)cc2OCc2ccc(/C=C/C(=O)O)cc2)C(C)C)o1. The van der Waals surface area contributed by atoms with Gasteiger partial charge in [-0.05, 0) is 87.2 Å². The molecule has 1 aromatic heterocycles. The highest BCUT2D eigenvalue weighted by molar-refractivity contribution is 7.92. The summed E-state index contributed by atoms with van der Waals surface area (Å²) >= 11 is 0. The van der Waals surface area contributed by atoms with E-state index in [9.17, 15) is 13.2 Å². The van der Waals surface area contributed by atoms with Crippen molar-refractivity contribution in [1.82, 2.24) is 0 Å². The molecule has 3 aromatic rings. The lowest BCUT2D eigenvalue weighted by Crippen LogP contribution is -2.37. The van der Waals surface area contributed by atoms with Gasteiger partial charge >= 0.3 is 5.97 Å². The standard InChI is InChI=1S/C26H29NO6S/c1-17(2)27(34(30,31)26-13-6-20(5)33-26)23-14-18(3)19(4)15-24(23)32-16-22-9-7-21(8-10-22)11-12-25(28)29/h6-15,17H,16H2,1-5H3,(H,28,29)/b12-11+. The summed E-state index contributed by atoms with van der Waals surface area (Å²) in [6.45, 7) is 9.38. The van der Waals surface area contributed by atoms with Crippen LogP contribution in [-0.2, 0) is 21.4 Å². The summed E-state index contributed by atoms with van der Waals surface area (Å²) in [6, 6.07) is 13.6. The summed E-state index contributed by atoms with van der Waals surface area (Å²) in [5.74, 6) is -0.0527. The number of hydrogen-bond acceptors (Lipinski definition) is 5. The first kappa shape index (κ1) is 25.1. The van der Waals surface area contributed by atoms with Gasteiger partial charge in [0.15, 0.2) is 0 Å². The van der Waals surface area contributed by atoms with Crippen molar-refractivity contribution in [3.05, 3.63) is 82.6 Å². The molecule has 0 unspecified atom stereocenters. The first-order valence-corrected chi connectivity index (χ1v) is 12.3. The second-order valence-electron chi connectivity index (χ2n) is 8.37. The van der Waals surface area contributed by atoms with Crippen LogP contribution in [0.2, 0.25) is 0 Å². The van der Waals surface area contributed by atoms with Crippen LogP contribution in [0.15, 0.2) is 64.1 Å². The molecule has 0 amide bonds. The molecule has 0 aliphatic rings. The minimum Gasteiger partial charge on any atom is -0.487 e. The number of rotatable bonds is 9. The largest absolute Gasteiger partial charge is 0.487 e. The molecular weight excluding hydrogens is 454 g/mol. The summed E-state index contributed by atoms with van der Waals surface area (Å²) < 4.78 is 39.9. The van der Waals surface area contributed by atoms with Gasteiger partial charge in [-0.1, -0.05) is 24.3 Å². The van der Waals surface area contributed by atoms with Crippen LogP contribution in [0.4, 0.5) is 5.69 Å². The smallest absolute Gasteiger partial charge is 0.328 e. The minimum absolute atomic E-state index is 0.118. The molecule has 0 spiro atoms. The Labute approximate surface area is 200 Å². The fourth-order valence-corrected chi connectivity index (χ4v) is 5.08. The van der Waals surface area contributed by atoms with Gasteiger partial charge in [0, 0.05) is 12.1 Å². The van der Waals surface area contributed by atoms with Crippen LogP contribution in [-0.4, -0.2) is 25.5 Å². The Morgan fingerprint density at radius 3 is 2.26 bits per heavy atom. The number of carboxylic acids is 1. The quantitative estimate of drug-likeness (QED) is 0.405. The molecule has 8 heteroatoms. The molecule has 3 rings (SSSR count). The number of hydrogen-bond donors (Lipinski definition) is 1. The van der Waals surface area contributed by atoms with E-state index in [1.165, 1.54) is 16.4 Å². The number of carbonyl (C=O) groups is 1. The van der Waals surface area contributed by atoms with E-state index in [-0.39, 0.29) is 17.7 Å². The summed E-state index contributed by atoms with van der Waals surface area (Å²) in [6.07, 6.45) is 2.59. The van der Waals surface area contributed by atoms with Crippen LogP contribution >= 0.6 is 0 Å². The van der Waals surface area contributed by atoms with Crippen molar-refractivity contribution in [3.8, 4) is 5.75 Å². The molecule has 2 aromatic carbocycles. The van der Waals surface area contributed by atoms with Crippen molar-refractivity contribution in [2.24, 2.45) is 0 Å². The van der Waals surface area contributed by atoms with Crippen LogP contribution in [0.1, 0.15) is 41.9 Å². The van der Waals surface area contributed by atoms with Crippen LogP contribution in [0.5, 0.6) is 5.75 Å². The highest BCUT2D eigenvalue weighted by Gasteiger charge is 2.32. The highest BCUT2D eigenvalue weighted by atomic mass is 32.2. The summed E-state index contributed by atoms with van der Waals surface area (Å²) in [7, 11) is -3.96. The fraction of sp³-hybridized carbons (Fsp3) is 0.269. The first-order chi connectivity index (χ1) is 16.0. The number of anilines is 1. The van der Waals surface area contributed by atoms with E-state index in [2.05, 4.69) is 0 Å².